The van der Waals surface area contributed by atoms with Crippen molar-refractivity contribution in [3.8, 4) is 22.4 Å². The number of halogens is 1. The fourth-order valence-electron chi connectivity index (χ4n) is 3.34. The summed E-state index contributed by atoms with van der Waals surface area (Å²) in [4.78, 5) is 17.2. The van der Waals surface area contributed by atoms with Crippen molar-refractivity contribution in [2.24, 2.45) is 0 Å². The summed E-state index contributed by atoms with van der Waals surface area (Å²) in [5.74, 6) is -0.208. The van der Waals surface area contributed by atoms with E-state index in [1.165, 1.54) is 6.26 Å². The molecule has 0 atom stereocenters. The number of hydrogen-bond donors (Lipinski definition) is 1. The van der Waals surface area contributed by atoms with Crippen LogP contribution < -0.4 is 5.32 Å². The summed E-state index contributed by atoms with van der Waals surface area (Å²) in [6.45, 7) is 0.377. The number of amides is 1. The van der Waals surface area contributed by atoms with Crippen LogP contribution in [0.15, 0.2) is 96.0 Å². The third-order valence-corrected chi connectivity index (χ3v) is 6.53. The van der Waals surface area contributed by atoms with Crippen molar-refractivity contribution < 1.29 is 13.2 Å². The zero-order valence-corrected chi connectivity index (χ0v) is 19.4. The maximum Gasteiger partial charge on any atom is 0.253 e. The highest BCUT2D eigenvalue weighted by Crippen LogP contribution is 2.23. The Bertz CT molecular complexity index is 1380. The van der Waals surface area contributed by atoms with Gasteiger partial charge in [0.2, 0.25) is 0 Å². The van der Waals surface area contributed by atoms with E-state index in [0.29, 0.717) is 22.0 Å². The number of rotatable bonds is 6. The molecule has 0 fully saturated rings. The molecule has 1 amide bonds. The first-order chi connectivity index (χ1) is 15.8. The Balaban J connectivity index is 1.37. The normalized spacial score (nSPS) is 11.2. The van der Waals surface area contributed by atoms with E-state index in [-0.39, 0.29) is 5.91 Å². The van der Waals surface area contributed by atoms with E-state index < -0.39 is 9.84 Å². The van der Waals surface area contributed by atoms with Crippen molar-refractivity contribution in [2.45, 2.75) is 11.4 Å². The lowest BCUT2D eigenvalue weighted by Gasteiger charge is -2.08. The molecule has 0 spiro atoms. The van der Waals surface area contributed by atoms with Gasteiger partial charge in [-0.25, -0.2) is 8.42 Å². The number of nitrogens with zero attached hydrogens (tertiary/aromatic N) is 1. The topological polar surface area (TPSA) is 76.1 Å². The minimum Gasteiger partial charge on any atom is -0.348 e. The molecule has 0 unspecified atom stereocenters. The van der Waals surface area contributed by atoms with E-state index in [0.717, 1.165) is 27.9 Å². The van der Waals surface area contributed by atoms with Gasteiger partial charge < -0.3 is 5.32 Å². The van der Waals surface area contributed by atoms with Crippen LogP contribution in [-0.4, -0.2) is 25.6 Å². The van der Waals surface area contributed by atoms with Crippen LogP contribution in [0.2, 0.25) is 5.02 Å². The Hall–Kier alpha value is -3.48. The second kappa shape index (κ2) is 9.57. The van der Waals surface area contributed by atoms with Gasteiger partial charge in [-0.05, 0) is 53.1 Å². The Morgan fingerprint density at radius 1 is 0.879 bits per heavy atom. The first-order valence-electron chi connectivity index (χ1n) is 10.2. The molecule has 0 bridgehead atoms. The van der Waals surface area contributed by atoms with Crippen LogP contribution in [0.4, 0.5) is 0 Å². The van der Waals surface area contributed by atoms with E-state index in [1.54, 1.807) is 48.7 Å². The van der Waals surface area contributed by atoms with Gasteiger partial charge in [0, 0.05) is 29.6 Å². The number of carbonyl (C=O) groups excluding carboxylic acids is 1. The van der Waals surface area contributed by atoms with E-state index in [2.05, 4.69) is 10.3 Å². The second-order valence-electron chi connectivity index (χ2n) is 7.62. The molecule has 4 aromatic rings. The molecular formula is C26H21ClN2O3S. The number of nitrogens with one attached hydrogen (secondary N) is 1. The lowest BCUT2D eigenvalue weighted by molar-refractivity contribution is 0.0950. The molecule has 0 saturated heterocycles. The lowest BCUT2D eigenvalue weighted by Crippen LogP contribution is -2.22. The molecule has 4 rings (SSSR count). The van der Waals surface area contributed by atoms with Crippen LogP contribution in [0.25, 0.3) is 22.4 Å². The third-order valence-electron chi connectivity index (χ3n) is 5.17. The summed E-state index contributed by atoms with van der Waals surface area (Å²) in [6.07, 6.45) is 2.74. The molecule has 1 heterocycles. The van der Waals surface area contributed by atoms with Crippen molar-refractivity contribution in [3.05, 3.63) is 107 Å². The zero-order chi connectivity index (χ0) is 23.4. The molecule has 0 saturated carbocycles. The molecule has 166 valence electrons. The van der Waals surface area contributed by atoms with Crippen LogP contribution in [-0.2, 0) is 16.4 Å². The van der Waals surface area contributed by atoms with Crippen LogP contribution >= 0.6 is 11.6 Å². The van der Waals surface area contributed by atoms with Crippen LogP contribution in [0.3, 0.4) is 0 Å². The summed E-state index contributed by atoms with van der Waals surface area (Å²) in [6, 6.07) is 25.5. The molecule has 0 aliphatic heterocycles. The molecule has 0 aliphatic rings. The molecule has 33 heavy (non-hydrogen) atoms. The molecular weight excluding hydrogens is 456 g/mol. The molecule has 5 nitrogen and oxygen atoms in total. The summed E-state index contributed by atoms with van der Waals surface area (Å²) in [5, 5.41) is 3.53. The lowest BCUT2D eigenvalue weighted by atomic mass is 10.0. The Kier molecular flexibility index (Phi) is 6.58. The maximum absolute atomic E-state index is 12.5. The minimum absolute atomic E-state index is 0.208. The van der Waals surface area contributed by atoms with Crippen LogP contribution in [0.1, 0.15) is 15.9 Å². The van der Waals surface area contributed by atoms with Crippen molar-refractivity contribution in [3.63, 3.8) is 0 Å². The first-order valence-corrected chi connectivity index (χ1v) is 12.5. The van der Waals surface area contributed by atoms with Gasteiger partial charge in [0.1, 0.15) is 0 Å². The second-order valence-corrected chi connectivity index (χ2v) is 10.1. The van der Waals surface area contributed by atoms with Gasteiger partial charge in [-0.3, -0.25) is 9.78 Å². The Labute approximate surface area is 198 Å². The number of sulfone groups is 1. The standard InChI is InChI=1S/C26H21ClN2O3S/c1-33(31,32)24-12-9-20(10-13-24)19-7-5-18(6-8-19)16-29-26(30)22-11-14-25(28-17-22)21-3-2-4-23(27)15-21/h2-15,17H,16H2,1H3,(H,29,30). The smallest absolute Gasteiger partial charge is 0.253 e. The summed E-state index contributed by atoms with van der Waals surface area (Å²) in [7, 11) is -3.22. The fourth-order valence-corrected chi connectivity index (χ4v) is 4.16. The minimum atomic E-state index is -3.22. The van der Waals surface area contributed by atoms with E-state index in [4.69, 9.17) is 11.6 Å². The molecule has 1 aromatic heterocycles. The Morgan fingerprint density at radius 2 is 1.55 bits per heavy atom. The van der Waals surface area contributed by atoms with Crippen molar-refractivity contribution >= 4 is 27.3 Å². The number of pyridine rings is 1. The van der Waals surface area contributed by atoms with Gasteiger partial charge >= 0.3 is 0 Å². The fraction of sp³-hybridized carbons (Fsp3) is 0.0769. The molecule has 0 radical (unpaired) electrons. The van der Waals surface area contributed by atoms with Gasteiger partial charge in [0.15, 0.2) is 9.84 Å². The summed E-state index contributed by atoms with van der Waals surface area (Å²) < 4.78 is 23.2. The number of aromatic nitrogens is 1. The highest BCUT2D eigenvalue weighted by atomic mass is 35.5. The summed E-state index contributed by atoms with van der Waals surface area (Å²) >= 11 is 6.03. The number of benzene rings is 3. The Morgan fingerprint density at radius 3 is 2.12 bits per heavy atom. The van der Waals surface area contributed by atoms with E-state index in [9.17, 15) is 13.2 Å². The molecule has 3 aromatic carbocycles. The van der Waals surface area contributed by atoms with Gasteiger partial charge in [-0.15, -0.1) is 0 Å². The first kappa shape index (κ1) is 22.7. The molecule has 7 heteroatoms. The van der Waals surface area contributed by atoms with E-state index >= 15 is 0 Å². The predicted molar refractivity (Wildman–Crippen MR) is 131 cm³/mol. The van der Waals surface area contributed by atoms with Gasteiger partial charge in [0.25, 0.3) is 5.91 Å². The summed E-state index contributed by atoms with van der Waals surface area (Å²) in [5.41, 5.74) is 4.94. The number of carbonyl (C=O) groups is 1. The van der Waals surface area contributed by atoms with Crippen molar-refractivity contribution in [1.29, 1.82) is 0 Å². The molecule has 1 N–H and O–H groups in total. The maximum atomic E-state index is 12.5. The highest BCUT2D eigenvalue weighted by Gasteiger charge is 2.09. The monoisotopic (exact) mass is 476 g/mol. The average Bonchev–Trinajstić information content (AvgIpc) is 2.82. The van der Waals surface area contributed by atoms with Gasteiger partial charge in [0.05, 0.1) is 16.2 Å². The number of hydrogen-bond acceptors (Lipinski definition) is 4. The van der Waals surface area contributed by atoms with Crippen molar-refractivity contribution in [1.82, 2.24) is 10.3 Å². The highest BCUT2D eigenvalue weighted by molar-refractivity contribution is 7.90. The van der Waals surface area contributed by atoms with Gasteiger partial charge in [-0.1, -0.05) is 60.1 Å². The van der Waals surface area contributed by atoms with Crippen LogP contribution in [0.5, 0.6) is 0 Å². The quantitative estimate of drug-likeness (QED) is 0.404. The van der Waals surface area contributed by atoms with Crippen LogP contribution in [0, 0.1) is 0 Å². The van der Waals surface area contributed by atoms with Crippen molar-refractivity contribution in [2.75, 3.05) is 6.26 Å². The van der Waals surface area contributed by atoms with E-state index in [1.807, 2.05) is 42.5 Å². The average molecular weight is 477 g/mol. The predicted octanol–water partition coefficient (Wildman–Crippen LogP) is 5.40. The third kappa shape index (κ3) is 5.66. The molecule has 0 aliphatic carbocycles. The SMILES string of the molecule is CS(=O)(=O)c1ccc(-c2ccc(CNC(=O)c3ccc(-c4cccc(Cl)c4)nc3)cc2)cc1. The van der Waals surface area contributed by atoms with Gasteiger partial charge in [-0.2, -0.15) is 0 Å². The largest absolute Gasteiger partial charge is 0.348 e. The zero-order valence-electron chi connectivity index (χ0n) is 17.8.